The third kappa shape index (κ3) is 3.31. The van der Waals surface area contributed by atoms with Crippen LogP contribution in [0.15, 0.2) is 24.3 Å². The third-order valence-electron chi connectivity index (χ3n) is 3.83. The lowest BCUT2D eigenvalue weighted by Gasteiger charge is -2.13. The molecule has 3 rings (SSSR count). The molecule has 5 nitrogen and oxygen atoms in total. The number of anilines is 1. The number of hydrogen-bond donors (Lipinski definition) is 3. The second-order valence-electron chi connectivity index (χ2n) is 5.49. The summed E-state index contributed by atoms with van der Waals surface area (Å²) in [5.74, 6) is 0.682. The van der Waals surface area contributed by atoms with Crippen molar-refractivity contribution < 1.29 is 4.79 Å². The first-order chi connectivity index (χ1) is 10.2. The highest BCUT2D eigenvalue weighted by atomic mass is 16.1. The standard InChI is InChI=1S/C16H20N4O/c1-11-2-4-12(5-3-11)6-7-15(21)18-16-13-10-17-9-8-14(13)19-20-16/h2-5,17H,6-10H2,1H3,(H2,18,19,20,21). The van der Waals surface area contributed by atoms with Crippen LogP contribution in [0.25, 0.3) is 0 Å². The molecule has 5 heteroatoms. The molecule has 2 heterocycles. The van der Waals surface area contributed by atoms with E-state index in [2.05, 4.69) is 52.0 Å². The van der Waals surface area contributed by atoms with Gasteiger partial charge in [0.1, 0.15) is 0 Å². The molecule has 0 aliphatic carbocycles. The van der Waals surface area contributed by atoms with E-state index in [1.54, 1.807) is 0 Å². The summed E-state index contributed by atoms with van der Waals surface area (Å²) in [4.78, 5) is 12.1. The normalized spacial score (nSPS) is 13.8. The summed E-state index contributed by atoms with van der Waals surface area (Å²) >= 11 is 0. The largest absolute Gasteiger partial charge is 0.312 e. The fourth-order valence-corrected chi connectivity index (χ4v) is 2.54. The molecule has 3 N–H and O–H groups in total. The first kappa shape index (κ1) is 13.8. The van der Waals surface area contributed by atoms with Crippen LogP contribution in [0.2, 0.25) is 0 Å². The minimum Gasteiger partial charge on any atom is -0.312 e. The molecule has 0 radical (unpaired) electrons. The molecule has 2 aromatic rings. The number of benzene rings is 1. The van der Waals surface area contributed by atoms with Gasteiger partial charge < -0.3 is 10.6 Å². The molecule has 0 fully saturated rings. The zero-order valence-corrected chi connectivity index (χ0v) is 12.2. The van der Waals surface area contributed by atoms with E-state index in [9.17, 15) is 4.79 Å². The van der Waals surface area contributed by atoms with E-state index in [0.29, 0.717) is 12.2 Å². The van der Waals surface area contributed by atoms with Gasteiger partial charge in [-0.2, -0.15) is 5.10 Å². The fraction of sp³-hybridized carbons (Fsp3) is 0.375. The maximum atomic E-state index is 12.1. The summed E-state index contributed by atoms with van der Waals surface area (Å²) < 4.78 is 0. The Hall–Kier alpha value is -2.14. The number of nitrogens with one attached hydrogen (secondary N) is 3. The summed E-state index contributed by atoms with van der Waals surface area (Å²) in [6.45, 7) is 3.78. The average Bonchev–Trinajstić information content (AvgIpc) is 2.90. The van der Waals surface area contributed by atoms with Gasteiger partial charge in [-0.3, -0.25) is 9.89 Å². The van der Waals surface area contributed by atoms with Crippen molar-refractivity contribution in [3.8, 4) is 0 Å². The molecule has 0 unspecified atom stereocenters. The first-order valence-corrected chi connectivity index (χ1v) is 7.34. The quantitative estimate of drug-likeness (QED) is 0.803. The third-order valence-corrected chi connectivity index (χ3v) is 3.83. The molecule has 0 bridgehead atoms. The number of aryl methyl sites for hydroxylation is 2. The lowest BCUT2D eigenvalue weighted by molar-refractivity contribution is -0.116. The average molecular weight is 284 g/mol. The maximum absolute atomic E-state index is 12.1. The van der Waals surface area contributed by atoms with Gasteiger partial charge in [-0.15, -0.1) is 0 Å². The van der Waals surface area contributed by atoms with Gasteiger partial charge >= 0.3 is 0 Å². The molecule has 0 atom stereocenters. The number of rotatable bonds is 4. The lowest BCUT2D eigenvalue weighted by atomic mass is 10.1. The Bertz CT molecular complexity index is 630. The Morgan fingerprint density at radius 2 is 2.14 bits per heavy atom. The SMILES string of the molecule is Cc1ccc(CCC(=O)Nc2n[nH]c3c2CNCC3)cc1. The molecular weight excluding hydrogens is 264 g/mol. The van der Waals surface area contributed by atoms with Gasteiger partial charge in [-0.05, 0) is 18.9 Å². The highest BCUT2D eigenvalue weighted by molar-refractivity contribution is 5.90. The van der Waals surface area contributed by atoms with Crippen LogP contribution in [0, 0.1) is 6.92 Å². The van der Waals surface area contributed by atoms with Crippen molar-refractivity contribution in [1.29, 1.82) is 0 Å². The summed E-state index contributed by atoms with van der Waals surface area (Å²) in [6.07, 6.45) is 2.15. The van der Waals surface area contributed by atoms with Crippen molar-refractivity contribution in [2.75, 3.05) is 11.9 Å². The predicted octanol–water partition coefficient (Wildman–Crippen LogP) is 1.94. The van der Waals surface area contributed by atoms with Crippen molar-refractivity contribution in [2.24, 2.45) is 0 Å². The van der Waals surface area contributed by atoms with Gasteiger partial charge in [0.15, 0.2) is 5.82 Å². The number of nitrogens with zero attached hydrogens (tertiary/aromatic N) is 1. The van der Waals surface area contributed by atoms with E-state index in [1.165, 1.54) is 11.1 Å². The van der Waals surface area contributed by atoms with Crippen LogP contribution >= 0.6 is 0 Å². The highest BCUT2D eigenvalue weighted by Crippen LogP contribution is 2.19. The Balaban J connectivity index is 1.57. The topological polar surface area (TPSA) is 69.8 Å². The first-order valence-electron chi connectivity index (χ1n) is 7.34. The molecule has 1 aliphatic heterocycles. The zero-order chi connectivity index (χ0) is 14.7. The van der Waals surface area contributed by atoms with Crippen LogP contribution in [0.1, 0.15) is 28.8 Å². The molecule has 1 aliphatic rings. The molecule has 110 valence electrons. The van der Waals surface area contributed by atoms with E-state index >= 15 is 0 Å². The molecule has 21 heavy (non-hydrogen) atoms. The molecule has 1 aromatic carbocycles. The number of aromatic amines is 1. The van der Waals surface area contributed by atoms with Crippen LogP contribution < -0.4 is 10.6 Å². The monoisotopic (exact) mass is 284 g/mol. The zero-order valence-electron chi connectivity index (χ0n) is 12.2. The van der Waals surface area contributed by atoms with Crippen molar-refractivity contribution in [3.05, 3.63) is 46.6 Å². The van der Waals surface area contributed by atoms with E-state index in [-0.39, 0.29) is 5.91 Å². The van der Waals surface area contributed by atoms with Gasteiger partial charge in [0.2, 0.25) is 5.91 Å². The van der Waals surface area contributed by atoms with E-state index in [0.717, 1.165) is 37.2 Å². The summed E-state index contributed by atoms with van der Waals surface area (Å²) in [6, 6.07) is 8.29. The van der Waals surface area contributed by atoms with Crippen LogP contribution in [0.5, 0.6) is 0 Å². The van der Waals surface area contributed by atoms with Crippen LogP contribution in [0.4, 0.5) is 5.82 Å². The van der Waals surface area contributed by atoms with Crippen molar-refractivity contribution >= 4 is 11.7 Å². The number of carbonyl (C=O) groups excluding carboxylic acids is 1. The van der Waals surface area contributed by atoms with Crippen LogP contribution in [-0.2, 0) is 24.2 Å². The van der Waals surface area contributed by atoms with Crippen LogP contribution in [-0.4, -0.2) is 22.6 Å². The molecule has 0 saturated heterocycles. The number of H-pyrrole nitrogens is 1. The number of fused-ring (bicyclic) bond motifs is 1. The van der Waals surface area contributed by atoms with Crippen molar-refractivity contribution in [3.63, 3.8) is 0 Å². The lowest BCUT2D eigenvalue weighted by Crippen LogP contribution is -2.24. The minimum atomic E-state index is 0.00967. The van der Waals surface area contributed by atoms with Crippen LogP contribution in [0.3, 0.4) is 0 Å². The van der Waals surface area contributed by atoms with Gasteiger partial charge in [0.05, 0.1) is 0 Å². The summed E-state index contributed by atoms with van der Waals surface area (Å²) in [5.41, 5.74) is 4.63. The van der Waals surface area contributed by atoms with E-state index < -0.39 is 0 Å². The number of hydrogen-bond acceptors (Lipinski definition) is 3. The smallest absolute Gasteiger partial charge is 0.225 e. The van der Waals surface area contributed by atoms with Gasteiger partial charge in [-0.25, -0.2) is 0 Å². The number of aromatic nitrogens is 2. The summed E-state index contributed by atoms with van der Waals surface area (Å²) in [5, 5.41) is 13.4. The Labute approximate surface area is 124 Å². The predicted molar refractivity (Wildman–Crippen MR) is 82.1 cm³/mol. The number of carbonyl (C=O) groups is 1. The minimum absolute atomic E-state index is 0.00967. The molecule has 1 amide bonds. The Morgan fingerprint density at radius 1 is 1.33 bits per heavy atom. The highest BCUT2D eigenvalue weighted by Gasteiger charge is 2.17. The summed E-state index contributed by atoms with van der Waals surface area (Å²) in [7, 11) is 0. The van der Waals surface area contributed by atoms with E-state index in [1.807, 2.05) is 0 Å². The maximum Gasteiger partial charge on any atom is 0.225 e. The molecular formula is C16H20N4O. The van der Waals surface area contributed by atoms with Gasteiger partial charge in [0, 0.05) is 37.2 Å². The molecule has 1 aromatic heterocycles. The fourth-order valence-electron chi connectivity index (χ4n) is 2.54. The Kier molecular flexibility index (Phi) is 4.01. The van der Waals surface area contributed by atoms with Crippen molar-refractivity contribution in [2.45, 2.75) is 32.7 Å². The van der Waals surface area contributed by atoms with Gasteiger partial charge in [0.25, 0.3) is 0 Å². The molecule has 0 saturated carbocycles. The second-order valence-corrected chi connectivity index (χ2v) is 5.49. The van der Waals surface area contributed by atoms with Gasteiger partial charge in [-0.1, -0.05) is 29.8 Å². The van der Waals surface area contributed by atoms with E-state index in [4.69, 9.17) is 0 Å². The molecule has 0 spiro atoms. The Morgan fingerprint density at radius 3 is 2.95 bits per heavy atom. The second kappa shape index (κ2) is 6.10. The van der Waals surface area contributed by atoms with Crippen molar-refractivity contribution in [1.82, 2.24) is 15.5 Å². The number of amides is 1.